The van der Waals surface area contributed by atoms with E-state index in [4.69, 9.17) is 9.72 Å². The van der Waals surface area contributed by atoms with E-state index in [1.54, 1.807) is 6.20 Å². The van der Waals surface area contributed by atoms with Crippen LogP contribution in [0.25, 0.3) is 11.3 Å². The molecule has 1 aromatic heterocycles. The van der Waals surface area contributed by atoms with E-state index in [1.807, 2.05) is 66.4 Å². The third-order valence-electron chi connectivity index (χ3n) is 6.91. The zero-order valence-corrected chi connectivity index (χ0v) is 22.5. The standard InChI is InChI=1S/C29H35N7O3/c1-34(2)20-27(37)36-17-15-35(16-18-36)22-11-9-21(10-12-22)31-29-30-14-13-25(33-29)23-6-3-4-7-24(23)32-28(38)26-8-5-19-39-26/h3-4,6-7,9-14,26H,5,8,15-20H2,1-2H3,(H,32,38)(H,30,31,33). The van der Waals surface area contributed by atoms with Crippen LogP contribution >= 0.6 is 0 Å². The van der Waals surface area contributed by atoms with Crippen LogP contribution in [0.5, 0.6) is 0 Å². The normalized spacial score (nSPS) is 17.4. The van der Waals surface area contributed by atoms with Crippen LogP contribution in [-0.4, -0.2) is 91.1 Å². The lowest BCUT2D eigenvalue weighted by molar-refractivity contribution is -0.132. The van der Waals surface area contributed by atoms with E-state index in [0.29, 0.717) is 30.5 Å². The van der Waals surface area contributed by atoms with E-state index in [0.717, 1.165) is 56.0 Å². The molecule has 2 amide bonds. The maximum atomic E-state index is 12.6. The number of aromatic nitrogens is 2. The van der Waals surface area contributed by atoms with Crippen LogP contribution in [0.15, 0.2) is 60.8 Å². The Balaban J connectivity index is 1.22. The van der Waals surface area contributed by atoms with Crippen LogP contribution in [0.2, 0.25) is 0 Å². The summed E-state index contributed by atoms with van der Waals surface area (Å²) in [6.07, 6.45) is 2.93. The molecule has 2 aromatic carbocycles. The van der Waals surface area contributed by atoms with Gasteiger partial charge in [-0.1, -0.05) is 18.2 Å². The minimum Gasteiger partial charge on any atom is -0.368 e. The fourth-order valence-electron chi connectivity index (χ4n) is 4.85. The van der Waals surface area contributed by atoms with Gasteiger partial charge < -0.3 is 30.1 Å². The Hall–Kier alpha value is -4.02. The number of carbonyl (C=O) groups excluding carboxylic acids is 2. The molecule has 39 heavy (non-hydrogen) atoms. The molecule has 0 spiro atoms. The third-order valence-corrected chi connectivity index (χ3v) is 6.91. The van der Waals surface area contributed by atoms with Crippen LogP contribution in [0.3, 0.4) is 0 Å². The molecule has 204 valence electrons. The summed E-state index contributed by atoms with van der Waals surface area (Å²) in [6, 6.07) is 17.6. The summed E-state index contributed by atoms with van der Waals surface area (Å²) in [4.78, 5) is 40.2. The summed E-state index contributed by atoms with van der Waals surface area (Å²) < 4.78 is 5.52. The lowest BCUT2D eigenvalue weighted by Gasteiger charge is -2.36. The molecule has 3 heterocycles. The van der Waals surface area contributed by atoms with Crippen LogP contribution in [0.4, 0.5) is 23.0 Å². The number of benzene rings is 2. The van der Waals surface area contributed by atoms with Crippen molar-refractivity contribution in [2.75, 3.05) is 69.0 Å². The van der Waals surface area contributed by atoms with Gasteiger partial charge >= 0.3 is 0 Å². The summed E-state index contributed by atoms with van der Waals surface area (Å²) in [6.45, 7) is 4.13. The first-order chi connectivity index (χ1) is 19.0. The topological polar surface area (TPSA) is 103 Å². The zero-order chi connectivity index (χ0) is 27.2. The highest BCUT2D eigenvalue weighted by Crippen LogP contribution is 2.28. The first-order valence-electron chi connectivity index (χ1n) is 13.4. The summed E-state index contributed by atoms with van der Waals surface area (Å²) in [7, 11) is 3.83. The quantitative estimate of drug-likeness (QED) is 0.459. The van der Waals surface area contributed by atoms with E-state index >= 15 is 0 Å². The molecule has 2 aliphatic rings. The number of anilines is 4. The van der Waals surface area contributed by atoms with Crippen molar-refractivity contribution in [1.82, 2.24) is 19.8 Å². The van der Waals surface area contributed by atoms with Crippen molar-refractivity contribution in [2.45, 2.75) is 18.9 Å². The van der Waals surface area contributed by atoms with Crippen LogP contribution < -0.4 is 15.5 Å². The molecule has 3 aromatic rings. The maximum Gasteiger partial charge on any atom is 0.253 e. The first kappa shape index (κ1) is 26.6. The molecule has 2 fully saturated rings. The second kappa shape index (κ2) is 12.2. The number of likely N-dealkylation sites (N-methyl/N-ethyl adjacent to an activating group) is 1. The molecule has 2 N–H and O–H groups in total. The molecule has 0 radical (unpaired) electrons. The fraction of sp³-hybridized carbons (Fsp3) is 0.379. The van der Waals surface area contributed by atoms with Gasteiger partial charge in [0.2, 0.25) is 11.9 Å². The number of nitrogens with zero attached hydrogens (tertiary/aromatic N) is 5. The highest BCUT2D eigenvalue weighted by Gasteiger charge is 2.24. The second-order valence-electron chi connectivity index (χ2n) is 10.1. The Morgan fingerprint density at radius 2 is 1.79 bits per heavy atom. The fourth-order valence-corrected chi connectivity index (χ4v) is 4.85. The number of hydrogen-bond acceptors (Lipinski definition) is 8. The van der Waals surface area contributed by atoms with Crippen molar-refractivity contribution in [3.63, 3.8) is 0 Å². The second-order valence-corrected chi connectivity index (χ2v) is 10.1. The minimum atomic E-state index is -0.405. The van der Waals surface area contributed by atoms with Gasteiger partial charge in [-0.3, -0.25) is 9.59 Å². The van der Waals surface area contributed by atoms with E-state index in [-0.39, 0.29) is 11.8 Å². The molecule has 2 aliphatic heterocycles. The van der Waals surface area contributed by atoms with E-state index < -0.39 is 6.10 Å². The number of rotatable bonds is 8. The van der Waals surface area contributed by atoms with Gasteiger partial charge in [-0.05, 0) is 63.3 Å². The number of ether oxygens (including phenoxy) is 1. The van der Waals surface area contributed by atoms with Gasteiger partial charge in [0.1, 0.15) is 6.10 Å². The van der Waals surface area contributed by atoms with Crippen molar-refractivity contribution in [1.29, 1.82) is 0 Å². The number of amides is 2. The molecular formula is C29H35N7O3. The summed E-state index contributed by atoms with van der Waals surface area (Å²) in [5.41, 5.74) is 4.19. The Morgan fingerprint density at radius 3 is 2.51 bits per heavy atom. The van der Waals surface area contributed by atoms with Gasteiger partial charge in [0.15, 0.2) is 0 Å². The Morgan fingerprint density at radius 1 is 1.03 bits per heavy atom. The predicted molar refractivity (Wildman–Crippen MR) is 152 cm³/mol. The van der Waals surface area contributed by atoms with Gasteiger partial charge in [-0.15, -0.1) is 0 Å². The highest BCUT2D eigenvalue weighted by molar-refractivity contribution is 5.97. The number of hydrogen-bond donors (Lipinski definition) is 2. The molecule has 0 bridgehead atoms. The number of para-hydroxylation sites is 1. The monoisotopic (exact) mass is 529 g/mol. The molecule has 1 unspecified atom stereocenters. The molecule has 0 aliphatic carbocycles. The number of piperazine rings is 1. The van der Waals surface area contributed by atoms with E-state index in [1.165, 1.54) is 0 Å². The van der Waals surface area contributed by atoms with Gasteiger partial charge in [-0.2, -0.15) is 0 Å². The third kappa shape index (κ3) is 6.71. The first-order valence-corrected chi connectivity index (χ1v) is 13.4. The van der Waals surface area contributed by atoms with Crippen LogP contribution in [0, 0.1) is 0 Å². The molecule has 10 nitrogen and oxygen atoms in total. The van der Waals surface area contributed by atoms with Crippen LogP contribution in [-0.2, 0) is 14.3 Å². The minimum absolute atomic E-state index is 0.131. The smallest absolute Gasteiger partial charge is 0.253 e. The lowest BCUT2D eigenvalue weighted by Crippen LogP contribution is -2.50. The van der Waals surface area contributed by atoms with Crippen molar-refractivity contribution < 1.29 is 14.3 Å². The molecule has 1 atom stereocenters. The van der Waals surface area contributed by atoms with Gasteiger partial charge in [0, 0.05) is 55.9 Å². The van der Waals surface area contributed by atoms with Gasteiger partial charge in [-0.25, -0.2) is 9.97 Å². The molecule has 2 saturated heterocycles. The summed E-state index contributed by atoms with van der Waals surface area (Å²) in [5, 5.41) is 6.29. The molecular weight excluding hydrogens is 494 g/mol. The Labute approximate surface area is 229 Å². The molecule has 0 saturated carbocycles. The van der Waals surface area contributed by atoms with Crippen molar-refractivity contribution in [3.05, 3.63) is 60.8 Å². The lowest BCUT2D eigenvalue weighted by atomic mass is 10.1. The SMILES string of the molecule is CN(C)CC(=O)N1CCN(c2ccc(Nc3nccc(-c4ccccc4NC(=O)C4CCCO4)n3)cc2)CC1. The Kier molecular flexibility index (Phi) is 8.33. The predicted octanol–water partition coefficient (Wildman–Crippen LogP) is 3.21. The van der Waals surface area contributed by atoms with Crippen molar-refractivity contribution >= 4 is 34.8 Å². The van der Waals surface area contributed by atoms with E-state index in [9.17, 15) is 9.59 Å². The van der Waals surface area contributed by atoms with Gasteiger partial charge in [0.05, 0.1) is 17.9 Å². The average Bonchev–Trinajstić information content (AvgIpc) is 3.49. The van der Waals surface area contributed by atoms with Gasteiger partial charge in [0.25, 0.3) is 5.91 Å². The number of carbonyl (C=O) groups is 2. The summed E-state index contributed by atoms with van der Waals surface area (Å²) in [5.74, 6) is 0.511. The number of nitrogens with one attached hydrogen (secondary N) is 2. The highest BCUT2D eigenvalue weighted by atomic mass is 16.5. The largest absolute Gasteiger partial charge is 0.368 e. The average molecular weight is 530 g/mol. The zero-order valence-electron chi connectivity index (χ0n) is 22.5. The van der Waals surface area contributed by atoms with Crippen molar-refractivity contribution in [2.24, 2.45) is 0 Å². The molecule has 5 rings (SSSR count). The van der Waals surface area contributed by atoms with E-state index in [2.05, 4.69) is 32.7 Å². The summed E-state index contributed by atoms with van der Waals surface area (Å²) >= 11 is 0. The maximum absolute atomic E-state index is 12.6. The molecule has 10 heteroatoms. The van der Waals surface area contributed by atoms with Crippen molar-refractivity contribution in [3.8, 4) is 11.3 Å². The van der Waals surface area contributed by atoms with Crippen LogP contribution in [0.1, 0.15) is 12.8 Å². The Bertz CT molecular complexity index is 1280.